The Hall–Kier alpha value is -0.570. The molecule has 0 aromatic heterocycles. The van der Waals surface area contributed by atoms with Crippen LogP contribution in [0.15, 0.2) is 0 Å². The maximum Gasteiger partial charge on any atom is 0.220 e. The second-order valence-corrected chi connectivity index (χ2v) is 12.5. The fourth-order valence-corrected chi connectivity index (χ4v) is 5.75. The normalized spacial score (nSPS) is 12.2. The summed E-state index contributed by atoms with van der Waals surface area (Å²) in [6.45, 7) is 4.64. The minimum Gasteiger partial charge on any atom is -0.394 e. The fourth-order valence-electron chi connectivity index (χ4n) is 5.75. The molecule has 1 atom stereocenters. The quantitative estimate of drug-likeness (QED) is 0.0797. The molecule has 0 aromatic carbocycles. The van der Waals surface area contributed by atoms with Gasteiger partial charge in [0.2, 0.25) is 5.91 Å². The lowest BCUT2D eigenvalue weighted by atomic mass is 10.0. The summed E-state index contributed by atoms with van der Waals surface area (Å²) >= 11 is 0. The molecule has 3 nitrogen and oxygen atoms in total. The summed E-state index contributed by atoms with van der Waals surface area (Å²) in [4.78, 5) is 12.3. The molecule has 0 heterocycles. The van der Waals surface area contributed by atoms with E-state index < -0.39 is 0 Å². The smallest absolute Gasteiger partial charge is 0.220 e. The summed E-state index contributed by atoms with van der Waals surface area (Å²) in [5.41, 5.74) is 0. The Morgan fingerprint density at radius 1 is 0.462 bits per heavy atom. The van der Waals surface area contributed by atoms with E-state index in [9.17, 15) is 9.90 Å². The zero-order valence-electron chi connectivity index (χ0n) is 27.1. The molecule has 0 rings (SSSR count). The van der Waals surface area contributed by atoms with E-state index in [-0.39, 0.29) is 18.6 Å². The van der Waals surface area contributed by atoms with Gasteiger partial charge in [-0.15, -0.1) is 0 Å². The van der Waals surface area contributed by atoms with Crippen LogP contribution in [0.25, 0.3) is 0 Å². The molecule has 2 N–H and O–H groups in total. The summed E-state index contributed by atoms with van der Waals surface area (Å²) in [5.74, 6) is 0.133. The largest absolute Gasteiger partial charge is 0.394 e. The van der Waals surface area contributed by atoms with Crippen molar-refractivity contribution in [2.45, 2.75) is 219 Å². The van der Waals surface area contributed by atoms with Crippen LogP contribution < -0.4 is 5.32 Å². The molecule has 39 heavy (non-hydrogen) atoms. The Balaban J connectivity index is 3.39. The molecular formula is C36H73NO2. The number of amides is 1. The molecule has 0 aliphatic carbocycles. The maximum absolute atomic E-state index is 12.3. The number of hydrogen-bond acceptors (Lipinski definition) is 2. The molecule has 0 saturated carbocycles. The monoisotopic (exact) mass is 552 g/mol. The van der Waals surface area contributed by atoms with Crippen molar-refractivity contribution < 1.29 is 9.90 Å². The first-order chi connectivity index (χ1) is 19.2. The van der Waals surface area contributed by atoms with Gasteiger partial charge in [0.15, 0.2) is 0 Å². The molecule has 0 spiro atoms. The average Bonchev–Trinajstić information content (AvgIpc) is 2.94. The van der Waals surface area contributed by atoms with E-state index in [2.05, 4.69) is 19.2 Å². The molecule has 1 amide bonds. The van der Waals surface area contributed by atoms with Crippen LogP contribution in [0.5, 0.6) is 0 Å². The number of carbonyl (C=O) groups is 1. The van der Waals surface area contributed by atoms with Crippen LogP contribution >= 0.6 is 0 Å². The van der Waals surface area contributed by atoms with Gasteiger partial charge in [0.25, 0.3) is 0 Å². The van der Waals surface area contributed by atoms with Crippen molar-refractivity contribution >= 4 is 5.91 Å². The van der Waals surface area contributed by atoms with Gasteiger partial charge in [-0.2, -0.15) is 0 Å². The number of rotatable bonds is 33. The van der Waals surface area contributed by atoms with E-state index in [4.69, 9.17) is 0 Å². The number of carbonyl (C=O) groups excluding carboxylic acids is 1. The highest BCUT2D eigenvalue weighted by Crippen LogP contribution is 2.15. The third kappa shape index (κ3) is 31.8. The molecule has 0 saturated heterocycles. The lowest BCUT2D eigenvalue weighted by Gasteiger charge is -2.16. The van der Waals surface area contributed by atoms with Gasteiger partial charge in [-0.25, -0.2) is 0 Å². The Kier molecular flexibility index (Phi) is 33.1. The van der Waals surface area contributed by atoms with E-state index in [0.717, 1.165) is 25.7 Å². The summed E-state index contributed by atoms with van der Waals surface area (Å²) < 4.78 is 0. The topological polar surface area (TPSA) is 49.3 Å². The third-order valence-electron chi connectivity index (χ3n) is 8.50. The molecule has 0 aromatic rings. The van der Waals surface area contributed by atoms with Crippen molar-refractivity contribution in [1.82, 2.24) is 5.32 Å². The first kappa shape index (κ1) is 38.4. The summed E-state index contributed by atoms with van der Waals surface area (Å²) in [5, 5.41) is 12.7. The van der Waals surface area contributed by atoms with E-state index in [1.807, 2.05) is 0 Å². The first-order valence-corrected chi connectivity index (χ1v) is 18.1. The minimum absolute atomic E-state index is 0.0498. The lowest BCUT2D eigenvalue weighted by Crippen LogP contribution is -2.37. The number of aliphatic hydroxyl groups is 1. The van der Waals surface area contributed by atoms with Crippen LogP contribution in [0.3, 0.4) is 0 Å². The van der Waals surface area contributed by atoms with E-state index in [1.165, 1.54) is 167 Å². The molecule has 1 unspecified atom stereocenters. The van der Waals surface area contributed by atoms with Crippen molar-refractivity contribution in [2.24, 2.45) is 0 Å². The lowest BCUT2D eigenvalue weighted by molar-refractivity contribution is -0.122. The minimum atomic E-state index is -0.0498. The van der Waals surface area contributed by atoms with Crippen molar-refractivity contribution in [2.75, 3.05) is 6.61 Å². The van der Waals surface area contributed by atoms with Crippen LogP contribution in [-0.4, -0.2) is 23.7 Å². The van der Waals surface area contributed by atoms with E-state index >= 15 is 0 Å². The second-order valence-electron chi connectivity index (χ2n) is 12.5. The van der Waals surface area contributed by atoms with Crippen LogP contribution in [-0.2, 0) is 4.79 Å². The van der Waals surface area contributed by atoms with Gasteiger partial charge < -0.3 is 10.4 Å². The zero-order chi connectivity index (χ0) is 28.5. The van der Waals surface area contributed by atoms with Gasteiger partial charge in [0.1, 0.15) is 0 Å². The highest BCUT2D eigenvalue weighted by molar-refractivity contribution is 5.76. The highest BCUT2D eigenvalue weighted by Gasteiger charge is 2.10. The number of unbranched alkanes of at least 4 members (excludes halogenated alkanes) is 27. The zero-order valence-corrected chi connectivity index (χ0v) is 27.1. The Bertz CT molecular complexity index is 467. The summed E-state index contributed by atoms with van der Waals surface area (Å²) in [6, 6.07) is -0.0498. The van der Waals surface area contributed by atoms with Crippen LogP contribution in [0.4, 0.5) is 0 Å². The molecular weight excluding hydrogens is 478 g/mol. The van der Waals surface area contributed by atoms with Gasteiger partial charge in [0.05, 0.1) is 12.6 Å². The second kappa shape index (κ2) is 33.6. The number of nitrogens with one attached hydrogen (secondary N) is 1. The Labute approximate surface area is 246 Å². The summed E-state index contributed by atoms with van der Waals surface area (Å²) in [7, 11) is 0. The van der Waals surface area contributed by atoms with Crippen LogP contribution in [0.2, 0.25) is 0 Å². The molecule has 0 aliphatic heterocycles. The maximum atomic E-state index is 12.3. The molecule has 3 heteroatoms. The van der Waals surface area contributed by atoms with Gasteiger partial charge in [-0.05, 0) is 12.8 Å². The summed E-state index contributed by atoms with van der Waals surface area (Å²) in [6.07, 6.45) is 40.8. The van der Waals surface area contributed by atoms with E-state index in [0.29, 0.717) is 6.42 Å². The number of aliphatic hydroxyl groups excluding tert-OH is 1. The average molecular weight is 552 g/mol. The van der Waals surface area contributed by atoms with Crippen LogP contribution in [0.1, 0.15) is 213 Å². The molecule has 0 radical (unpaired) electrons. The van der Waals surface area contributed by atoms with Gasteiger partial charge in [-0.1, -0.05) is 194 Å². The van der Waals surface area contributed by atoms with Crippen molar-refractivity contribution in [3.8, 4) is 0 Å². The fraction of sp³-hybridized carbons (Fsp3) is 0.972. The highest BCUT2D eigenvalue weighted by atomic mass is 16.3. The Morgan fingerprint density at radius 3 is 1.05 bits per heavy atom. The predicted molar refractivity (Wildman–Crippen MR) is 173 cm³/mol. The molecule has 0 fully saturated rings. The van der Waals surface area contributed by atoms with E-state index in [1.54, 1.807) is 0 Å². The van der Waals surface area contributed by atoms with Gasteiger partial charge in [-0.3, -0.25) is 4.79 Å². The molecule has 0 bridgehead atoms. The van der Waals surface area contributed by atoms with Crippen molar-refractivity contribution in [3.63, 3.8) is 0 Å². The predicted octanol–water partition coefficient (Wildman–Crippen LogP) is 11.6. The number of hydrogen-bond donors (Lipinski definition) is 2. The Morgan fingerprint density at radius 2 is 0.744 bits per heavy atom. The van der Waals surface area contributed by atoms with Crippen molar-refractivity contribution in [3.05, 3.63) is 0 Å². The SMILES string of the molecule is CCCCCCCCCCCCCCCCCC(=O)NC(CO)CCCCCCCCCCCCCCCC. The third-order valence-corrected chi connectivity index (χ3v) is 8.50. The first-order valence-electron chi connectivity index (χ1n) is 18.1. The van der Waals surface area contributed by atoms with Crippen LogP contribution in [0, 0.1) is 0 Å². The molecule has 234 valence electrons. The van der Waals surface area contributed by atoms with Gasteiger partial charge >= 0.3 is 0 Å². The van der Waals surface area contributed by atoms with Crippen molar-refractivity contribution in [1.29, 1.82) is 0 Å². The molecule has 0 aliphatic rings. The van der Waals surface area contributed by atoms with Gasteiger partial charge in [0, 0.05) is 6.42 Å². The standard InChI is InChI=1S/C36H73NO2/c1-3-5-7-9-11-13-15-17-19-21-23-25-27-29-31-33-36(39)37-35(34-38)32-30-28-26-24-22-20-18-16-14-12-10-8-6-4-2/h35,38H,3-34H2,1-2H3,(H,37,39).